The maximum Gasteiger partial charge on any atom is 0.244 e. The van der Waals surface area contributed by atoms with Crippen LogP contribution in [0.25, 0.3) is 0 Å². The van der Waals surface area contributed by atoms with Crippen LogP contribution >= 0.6 is 11.3 Å². The lowest BCUT2D eigenvalue weighted by Crippen LogP contribution is -2.46. The third-order valence-corrected chi connectivity index (χ3v) is 7.33. The highest BCUT2D eigenvalue weighted by Crippen LogP contribution is 2.48. The molecule has 31 heavy (non-hydrogen) atoms. The molecule has 4 rings (SSSR count). The Hall–Kier alpha value is -2.26. The molecule has 4 heterocycles. The highest BCUT2D eigenvalue weighted by molar-refractivity contribution is 7.09. The lowest BCUT2D eigenvalue weighted by molar-refractivity contribution is -0.136. The van der Waals surface area contributed by atoms with Crippen LogP contribution in [-0.2, 0) is 16.1 Å². The van der Waals surface area contributed by atoms with Gasteiger partial charge in [-0.05, 0) is 43.0 Å². The SMILES string of the molecule is Cc1noc(C2CC3(CCN(C(=O)C(C)C)CC3)CN2CC(=O)NCc2cccs2)n1. The van der Waals surface area contributed by atoms with Gasteiger partial charge in [0.1, 0.15) is 0 Å². The zero-order valence-electron chi connectivity index (χ0n) is 18.5. The molecule has 2 aliphatic heterocycles. The van der Waals surface area contributed by atoms with Crippen LogP contribution in [0, 0.1) is 18.3 Å². The molecule has 1 atom stereocenters. The van der Waals surface area contributed by atoms with E-state index in [4.69, 9.17) is 4.52 Å². The number of hydrogen-bond acceptors (Lipinski definition) is 7. The van der Waals surface area contributed by atoms with Crippen molar-refractivity contribution in [2.45, 2.75) is 52.6 Å². The second-order valence-electron chi connectivity index (χ2n) is 9.14. The molecule has 0 aliphatic carbocycles. The highest BCUT2D eigenvalue weighted by atomic mass is 32.1. The molecule has 0 radical (unpaired) electrons. The van der Waals surface area contributed by atoms with E-state index in [9.17, 15) is 9.59 Å². The molecule has 1 N–H and O–H groups in total. The molecule has 2 saturated heterocycles. The normalized spacial score (nSPS) is 21.2. The van der Waals surface area contributed by atoms with Crippen LogP contribution in [0.5, 0.6) is 0 Å². The van der Waals surface area contributed by atoms with Gasteiger partial charge in [-0.1, -0.05) is 25.1 Å². The molecule has 2 fully saturated rings. The number of nitrogens with zero attached hydrogens (tertiary/aromatic N) is 4. The minimum absolute atomic E-state index is 0.000825. The van der Waals surface area contributed by atoms with Gasteiger partial charge in [0.15, 0.2) is 5.82 Å². The minimum atomic E-state index is -0.0685. The average Bonchev–Trinajstić information content (AvgIpc) is 3.48. The molecule has 2 aromatic heterocycles. The van der Waals surface area contributed by atoms with E-state index in [2.05, 4.69) is 20.4 Å². The molecule has 0 saturated carbocycles. The van der Waals surface area contributed by atoms with Gasteiger partial charge < -0.3 is 14.7 Å². The predicted octanol–water partition coefficient (Wildman–Crippen LogP) is 2.77. The fraction of sp³-hybridized carbons (Fsp3) is 0.636. The summed E-state index contributed by atoms with van der Waals surface area (Å²) < 4.78 is 5.51. The van der Waals surface area contributed by atoms with Crippen molar-refractivity contribution in [3.05, 3.63) is 34.1 Å². The molecule has 2 aromatic rings. The van der Waals surface area contributed by atoms with E-state index in [-0.39, 0.29) is 29.2 Å². The van der Waals surface area contributed by atoms with Crippen LogP contribution in [0.2, 0.25) is 0 Å². The first-order chi connectivity index (χ1) is 14.8. The predicted molar refractivity (Wildman–Crippen MR) is 117 cm³/mol. The summed E-state index contributed by atoms with van der Waals surface area (Å²) >= 11 is 1.64. The summed E-state index contributed by atoms with van der Waals surface area (Å²) in [6.07, 6.45) is 2.74. The lowest BCUT2D eigenvalue weighted by Gasteiger charge is -2.40. The Kier molecular flexibility index (Phi) is 6.43. The molecule has 168 valence electrons. The zero-order valence-corrected chi connectivity index (χ0v) is 19.3. The minimum Gasteiger partial charge on any atom is -0.350 e. The maximum absolute atomic E-state index is 12.7. The van der Waals surface area contributed by atoms with Gasteiger partial charge in [-0.25, -0.2) is 0 Å². The summed E-state index contributed by atoms with van der Waals surface area (Å²) in [5.74, 6) is 1.44. The number of nitrogens with one attached hydrogen (secondary N) is 1. The number of aryl methyl sites for hydroxylation is 1. The number of amides is 2. The molecule has 0 aromatic carbocycles. The first-order valence-corrected chi connectivity index (χ1v) is 11.9. The van der Waals surface area contributed by atoms with Crippen LogP contribution in [0.3, 0.4) is 0 Å². The Morgan fingerprint density at radius 2 is 2.13 bits per heavy atom. The molecule has 1 unspecified atom stereocenters. The number of piperidine rings is 1. The van der Waals surface area contributed by atoms with Crippen LogP contribution < -0.4 is 5.32 Å². The fourth-order valence-electron chi connectivity index (χ4n) is 4.77. The van der Waals surface area contributed by atoms with Crippen molar-refractivity contribution in [3.8, 4) is 0 Å². The van der Waals surface area contributed by atoms with E-state index < -0.39 is 0 Å². The van der Waals surface area contributed by atoms with E-state index in [1.807, 2.05) is 43.2 Å². The molecular formula is C22H31N5O3S. The number of rotatable bonds is 6. The summed E-state index contributed by atoms with van der Waals surface area (Å²) in [7, 11) is 0. The molecule has 2 aliphatic rings. The molecule has 9 heteroatoms. The van der Waals surface area contributed by atoms with Gasteiger partial charge in [0.2, 0.25) is 17.7 Å². The number of carbonyl (C=O) groups is 2. The number of thiophene rings is 1. The standard InChI is InChI=1S/C22H31N5O3S/c1-15(2)21(29)26-8-6-22(7-9-26)11-18(20-24-16(3)25-30-20)27(14-22)13-19(28)23-12-17-5-4-10-31-17/h4-5,10,15,18H,6-9,11-14H2,1-3H3,(H,23,28). The van der Waals surface area contributed by atoms with Crippen molar-refractivity contribution < 1.29 is 14.1 Å². The Balaban J connectivity index is 1.43. The van der Waals surface area contributed by atoms with Gasteiger partial charge in [-0.2, -0.15) is 4.98 Å². The summed E-state index contributed by atoms with van der Waals surface area (Å²) in [6.45, 7) is 8.90. The fourth-order valence-corrected chi connectivity index (χ4v) is 5.42. The van der Waals surface area contributed by atoms with E-state index in [0.29, 0.717) is 24.8 Å². The molecule has 2 amide bonds. The third kappa shape index (κ3) is 4.98. The van der Waals surface area contributed by atoms with Crippen LogP contribution in [0.1, 0.15) is 55.7 Å². The van der Waals surface area contributed by atoms with Crippen LogP contribution in [-0.4, -0.2) is 57.9 Å². The topological polar surface area (TPSA) is 91.6 Å². The first kappa shape index (κ1) is 22.0. The van der Waals surface area contributed by atoms with Crippen molar-refractivity contribution in [2.24, 2.45) is 11.3 Å². The Morgan fingerprint density at radius 3 is 2.74 bits per heavy atom. The van der Waals surface area contributed by atoms with Crippen LogP contribution in [0.15, 0.2) is 22.0 Å². The summed E-state index contributed by atoms with van der Waals surface area (Å²) in [6, 6.07) is 3.94. The Morgan fingerprint density at radius 1 is 1.35 bits per heavy atom. The third-order valence-electron chi connectivity index (χ3n) is 6.45. The molecule has 8 nitrogen and oxygen atoms in total. The molecule has 1 spiro atoms. The van der Waals surface area contributed by atoms with E-state index in [0.717, 1.165) is 43.8 Å². The Labute approximate surface area is 187 Å². The summed E-state index contributed by atoms with van der Waals surface area (Å²) in [5.41, 5.74) is 0.0643. The van der Waals surface area contributed by atoms with Gasteiger partial charge in [0.25, 0.3) is 0 Å². The van der Waals surface area contributed by atoms with Crippen molar-refractivity contribution in [3.63, 3.8) is 0 Å². The molecular weight excluding hydrogens is 414 g/mol. The quantitative estimate of drug-likeness (QED) is 0.735. The monoisotopic (exact) mass is 445 g/mol. The lowest BCUT2D eigenvalue weighted by atomic mass is 9.76. The van der Waals surface area contributed by atoms with Crippen molar-refractivity contribution in [1.29, 1.82) is 0 Å². The average molecular weight is 446 g/mol. The van der Waals surface area contributed by atoms with Gasteiger partial charge >= 0.3 is 0 Å². The number of likely N-dealkylation sites (tertiary alicyclic amines) is 2. The summed E-state index contributed by atoms with van der Waals surface area (Å²) in [5, 5.41) is 9.00. The highest BCUT2D eigenvalue weighted by Gasteiger charge is 2.48. The molecule has 0 bridgehead atoms. The first-order valence-electron chi connectivity index (χ1n) is 11.0. The van der Waals surface area contributed by atoms with Gasteiger partial charge in [-0.3, -0.25) is 14.5 Å². The second-order valence-corrected chi connectivity index (χ2v) is 10.2. The van der Waals surface area contributed by atoms with Gasteiger partial charge in [-0.15, -0.1) is 11.3 Å². The number of hydrogen-bond donors (Lipinski definition) is 1. The maximum atomic E-state index is 12.7. The zero-order chi connectivity index (χ0) is 22.0. The van der Waals surface area contributed by atoms with Crippen molar-refractivity contribution in [1.82, 2.24) is 25.3 Å². The largest absolute Gasteiger partial charge is 0.350 e. The Bertz CT molecular complexity index is 902. The van der Waals surface area contributed by atoms with E-state index in [1.54, 1.807) is 11.3 Å². The van der Waals surface area contributed by atoms with E-state index >= 15 is 0 Å². The van der Waals surface area contributed by atoms with Crippen molar-refractivity contribution in [2.75, 3.05) is 26.2 Å². The second kappa shape index (κ2) is 9.08. The van der Waals surface area contributed by atoms with Crippen LogP contribution in [0.4, 0.5) is 0 Å². The van der Waals surface area contributed by atoms with Crippen molar-refractivity contribution >= 4 is 23.2 Å². The smallest absolute Gasteiger partial charge is 0.244 e. The van der Waals surface area contributed by atoms with Gasteiger partial charge in [0, 0.05) is 30.4 Å². The summed E-state index contributed by atoms with van der Waals surface area (Å²) in [4.78, 5) is 34.9. The number of aromatic nitrogens is 2. The number of carbonyl (C=O) groups excluding carboxylic acids is 2. The van der Waals surface area contributed by atoms with E-state index in [1.165, 1.54) is 0 Å². The van der Waals surface area contributed by atoms with Gasteiger partial charge in [0.05, 0.1) is 19.1 Å².